The summed E-state index contributed by atoms with van der Waals surface area (Å²) in [5, 5.41) is 0. The second kappa shape index (κ2) is 5.19. The number of nitrogens with zero attached hydrogens (tertiary/aromatic N) is 2. The van der Waals surface area contributed by atoms with Crippen molar-refractivity contribution in [1.82, 2.24) is 4.90 Å². The van der Waals surface area contributed by atoms with E-state index in [0.29, 0.717) is 0 Å². The van der Waals surface area contributed by atoms with Gasteiger partial charge in [-0.05, 0) is 43.0 Å². The van der Waals surface area contributed by atoms with Crippen LogP contribution in [-0.4, -0.2) is 37.6 Å². The zero-order chi connectivity index (χ0) is 12.4. The Morgan fingerprint density at radius 3 is 2.22 bits per heavy atom. The van der Waals surface area contributed by atoms with Crippen molar-refractivity contribution >= 4 is 11.4 Å². The van der Waals surface area contributed by atoms with E-state index < -0.39 is 0 Å². The molecule has 1 aliphatic heterocycles. The molecule has 0 spiro atoms. The number of benzene rings is 1. The average molecular weight is 245 g/mol. The lowest BCUT2D eigenvalue weighted by atomic mass is 9.85. The van der Waals surface area contributed by atoms with Gasteiger partial charge in [0, 0.05) is 44.1 Å². The molecule has 1 heterocycles. The van der Waals surface area contributed by atoms with Crippen LogP contribution < -0.4 is 10.6 Å². The highest BCUT2D eigenvalue weighted by Gasteiger charge is 2.23. The van der Waals surface area contributed by atoms with E-state index in [-0.39, 0.29) is 0 Å². The standard InChI is InChI=1S/C15H23N3/c16-14-4-6-15(7-5-14)18-10-8-17(9-11-18)12-13-2-1-3-13/h4-7,13H,1-3,8-12,16H2. The topological polar surface area (TPSA) is 32.5 Å². The quantitative estimate of drug-likeness (QED) is 0.829. The molecule has 3 heteroatoms. The lowest BCUT2D eigenvalue weighted by Gasteiger charge is -2.39. The van der Waals surface area contributed by atoms with Crippen LogP contribution in [0.25, 0.3) is 0 Å². The molecule has 2 fully saturated rings. The molecule has 0 amide bonds. The van der Waals surface area contributed by atoms with Gasteiger partial charge in [-0.3, -0.25) is 4.90 Å². The molecule has 1 aromatic carbocycles. The van der Waals surface area contributed by atoms with E-state index in [1.807, 2.05) is 12.1 Å². The predicted octanol–water partition coefficient (Wildman–Crippen LogP) is 2.19. The first-order valence-electron chi connectivity index (χ1n) is 7.14. The maximum Gasteiger partial charge on any atom is 0.0368 e. The van der Waals surface area contributed by atoms with Crippen LogP contribution in [-0.2, 0) is 0 Å². The van der Waals surface area contributed by atoms with E-state index in [1.165, 1.54) is 44.6 Å². The van der Waals surface area contributed by atoms with E-state index in [4.69, 9.17) is 5.73 Å². The summed E-state index contributed by atoms with van der Waals surface area (Å²) in [7, 11) is 0. The Balaban J connectivity index is 1.51. The molecule has 0 aromatic heterocycles. The van der Waals surface area contributed by atoms with Gasteiger partial charge in [-0.25, -0.2) is 0 Å². The number of nitrogens with two attached hydrogens (primary N) is 1. The van der Waals surface area contributed by atoms with Crippen LogP contribution in [0.2, 0.25) is 0 Å². The first kappa shape index (κ1) is 11.8. The third kappa shape index (κ3) is 2.61. The van der Waals surface area contributed by atoms with Crippen LogP contribution in [0.1, 0.15) is 19.3 Å². The second-order valence-corrected chi connectivity index (χ2v) is 5.68. The van der Waals surface area contributed by atoms with E-state index in [1.54, 1.807) is 0 Å². The Labute approximate surface area is 110 Å². The van der Waals surface area contributed by atoms with Crippen molar-refractivity contribution in [2.24, 2.45) is 5.92 Å². The summed E-state index contributed by atoms with van der Waals surface area (Å²) in [6, 6.07) is 8.26. The minimum absolute atomic E-state index is 0.849. The molecule has 0 radical (unpaired) electrons. The van der Waals surface area contributed by atoms with Crippen molar-refractivity contribution in [1.29, 1.82) is 0 Å². The Morgan fingerprint density at radius 2 is 1.67 bits per heavy atom. The van der Waals surface area contributed by atoms with Crippen molar-refractivity contribution in [3.05, 3.63) is 24.3 Å². The molecular formula is C15H23N3. The number of rotatable bonds is 3. The van der Waals surface area contributed by atoms with Gasteiger partial charge in [-0.15, -0.1) is 0 Å². The van der Waals surface area contributed by atoms with Gasteiger partial charge in [-0.2, -0.15) is 0 Å². The summed E-state index contributed by atoms with van der Waals surface area (Å²) in [6.45, 7) is 6.05. The second-order valence-electron chi connectivity index (χ2n) is 5.68. The molecule has 1 saturated heterocycles. The minimum atomic E-state index is 0.849. The molecule has 3 rings (SSSR count). The van der Waals surface area contributed by atoms with Gasteiger partial charge in [-0.1, -0.05) is 6.42 Å². The lowest BCUT2D eigenvalue weighted by Crippen LogP contribution is -2.48. The Morgan fingerprint density at radius 1 is 1.00 bits per heavy atom. The van der Waals surface area contributed by atoms with Crippen molar-refractivity contribution in [3.8, 4) is 0 Å². The highest BCUT2D eigenvalue weighted by molar-refractivity contribution is 5.53. The predicted molar refractivity (Wildman–Crippen MR) is 76.8 cm³/mol. The van der Waals surface area contributed by atoms with Crippen LogP contribution >= 0.6 is 0 Å². The molecule has 0 bridgehead atoms. The molecule has 1 aromatic rings. The Kier molecular flexibility index (Phi) is 3.41. The van der Waals surface area contributed by atoms with Crippen molar-refractivity contribution in [3.63, 3.8) is 0 Å². The normalized spacial score (nSPS) is 21.9. The Bertz CT molecular complexity index is 375. The molecule has 1 saturated carbocycles. The molecule has 18 heavy (non-hydrogen) atoms. The Hall–Kier alpha value is -1.22. The van der Waals surface area contributed by atoms with Gasteiger partial charge in [0.25, 0.3) is 0 Å². The SMILES string of the molecule is Nc1ccc(N2CCN(CC3CCC3)CC2)cc1. The fourth-order valence-corrected chi connectivity index (χ4v) is 2.91. The average Bonchev–Trinajstić information content (AvgIpc) is 2.36. The minimum Gasteiger partial charge on any atom is -0.399 e. The molecule has 1 aliphatic carbocycles. The van der Waals surface area contributed by atoms with Crippen molar-refractivity contribution < 1.29 is 0 Å². The molecular weight excluding hydrogens is 222 g/mol. The largest absolute Gasteiger partial charge is 0.399 e. The fraction of sp³-hybridized carbons (Fsp3) is 0.600. The zero-order valence-corrected chi connectivity index (χ0v) is 11.0. The number of hydrogen-bond donors (Lipinski definition) is 1. The van der Waals surface area contributed by atoms with E-state index in [0.717, 1.165) is 24.7 Å². The third-order valence-electron chi connectivity index (χ3n) is 4.37. The van der Waals surface area contributed by atoms with Gasteiger partial charge in [0.2, 0.25) is 0 Å². The van der Waals surface area contributed by atoms with Crippen LogP contribution in [0.15, 0.2) is 24.3 Å². The number of piperazine rings is 1. The van der Waals surface area contributed by atoms with Gasteiger partial charge >= 0.3 is 0 Å². The van der Waals surface area contributed by atoms with Crippen LogP contribution in [0.3, 0.4) is 0 Å². The van der Waals surface area contributed by atoms with Crippen molar-refractivity contribution in [2.75, 3.05) is 43.4 Å². The maximum absolute atomic E-state index is 5.73. The molecule has 0 unspecified atom stereocenters. The van der Waals surface area contributed by atoms with Gasteiger partial charge in [0.05, 0.1) is 0 Å². The fourth-order valence-electron chi connectivity index (χ4n) is 2.91. The van der Waals surface area contributed by atoms with Gasteiger partial charge < -0.3 is 10.6 Å². The zero-order valence-electron chi connectivity index (χ0n) is 11.0. The number of nitrogen functional groups attached to an aromatic ring is 1. The van der Waals surface area contributed by atoms with E-state index in [2.05, 4.69) is 21.9 Å². The van der Waals surface area contributed by atoms with Crippen LogP contribution in [0.5, 0.6) is 0 Å². The summed E-state index contributed by atoms with van der Waals surface area (Å²) < 4.78 is 0. The van der Waals surface area contributed by atoms with Crippen molar-refractivity contribution in [2.45, 2.75) is 19.3 Å². The third-order valence-corrected chi connectivity index (χ3v) is 4.37. The highest BCUT2D eigenvalue weighted by Crippen LogP contribution is 2.27. The summed E-state index contributed by atoms with van der Waals surface area (Å²) in [5.41, 5.74) is 7.89. The first-order valence-corrected chi connectivity index (χ1v) is 7.14. The molecule has 2 N–H and O–H groups in total. The maximum atomic E-state index is 5.73. The van der Waals surface area contributed by atoms with E-state index >= 15 is 0 Å². The summed E-state index contributed by atoms with van der Waals surface area (Å²) >= 11 is 0. The molecule has 2 aliphatic rings. The van der Waals surface area contributed by atoms with Crippen LogP contribution in [0.4, 0.5) is 11.4 Å². The monoisotopic (exact) mass is 245 g/mol. The smallest absolute Gasteiger partial charge is 0.0368 e. The summed E-state index contributed by atoms with van der Waals surface area (Å²) in [6.07, 6.45) is 4.37. The van der Waals surface area contributed by atoms with Crippen LogP contribution in [0, 0.1) is 5.92 Å². The lowest BCUT2D eigenvalue weighted by molar-refractivity contribution is 0.170. The highest BCUT2D eigenvalue weighted by atomic mass is 15.3. The van der Waals surface area contributed by atoms with Gasteiger partial charge in [0.1, 0.15) is 0 Å². The number of anilines is 2. The van der Waals surface area contributed by atoms with E-state index in [9.17, 15) is 0 Å². The molecule has 0 atom stereocenters. The first-order chi connectivity index (χ1) is 8.81. The molecule has 3 nitrogen and oxygen atoms in total. The van der Waals surface area contributed by atoms with Gasteiger partial charge in [0.15, 0.2) is 0 Å². The summed E-state index contributed by atoms with van der Waals surface area (Å²) in [4.78, 5) is 5.11. The molecule has 98 valence electrons. The summed E-state index contributed by atoms with van der Waals surface area (Å²) in [5.74, 6) is 0.994. The number of hydrogen-bond acceptors (Lipinski definition) is 3.